The van der Waals surface area contributed by atoms with Crippen molar-refractivity contribution in [3.05, 3.63) is 87.2 Å². The van der Waals surface area contributed by atoms with Gasteiger partial charge in [-0.1, -0.05) is 18.2 Å². The van der Waals surface area contributed by atoms with Crippen LogP contribution in [0.4, 0.5) is 0 Å². The number of ether oxygens (including phenoxy) is 2. The van der Waals surface area contributed by atoms with Gasteiger partial charge in [0.25, 0.3) is 0 Å². The lowest BCUT2D eigenvalue weighted by molar-refractivity contribution is -0.139. The van der Waals surface area contributed by atoms with Crippen molar-refractivity contribution in [3.8, 4) is 28.7 Å². The summed E-state index contributed by atoms with van der Waals surface area (Å²) in [7, 11) is 0. The van der Waals surface area contributed by atoms with Crippen LogP contribution in [0.5, 0.6) is 28.7 Å². The number of phenolic OH excluding ortho intramolecular Hbond substituents is 4. The van der Waals surface area contributed by atoms with Crippen molar-refractivity contribution in [2.45, 2.75) is 18.6 Å². The number of aromatic hydroxyl groups is 4. The van der Waals surface area contributed by atoms with Gasteiger partial charge in [0, 0.05) is 17.7 Å². The number of carbonyl (C=O) groups excluding carboxylic acids is 1. The lowest BCUT2D eigenvalue weighted by Gasteiger charge is -2.28. The Balaban J connectivity index is 1.60. The first-order valence-corrected chi connectivity index (χ1v) is 10.2. The van der Waals surface area contributed by atoms with E-state index in [1.807, 2.05) is 0 Å². The van der Waals surface area contributed by atoms with Crippen LogP contribution in [0.2, 0.25) is 0 Å². The summed E-state index contributed by atoms with van der Waals surface area (Å²) in [5, 5.41) is 38.7. The number of rotatable bonds is 3. The van der Waals surface area contributed by atoms with Crippen LogP contribution in [-0.4, -0.2) is 26.2 Å². The molecule has 0 unspecified atom stereocenters. The highest BCUT2D eigenvalue weighted by atomic mass is 16.6. The monoisotopic (exact) mass is 462 g/mol. The first-order valence-electron chi connectivity index (χ1n) is 10.2. The van der Waals surface area contributed by atoms with E-state index in [1.165, 1.54) is 48.6 Å². The summed E-state index contributed by atoms with van der Waals surface area (Å²) in [6.45, 7) is 1.57. The fraction of sp³-hybridized carbons (Fsp3) is 0.120. The van der Waals surface area contributed by atoms with Gasteiger partial charge in [-0.3, -0.25) is 4.79 Å². The molecule has 2 aromatic carbocycles. The van der Waals surface area contributed by atoms with Crippen molar-refractivity contribution in [2.75, 3.05) is 0 Å². The average molecular weight is 462 g/mol. The highest BCUT2D eigenvalue weighted by Gasteiger charge is 2.61. The third-order valence-corrected chi connectivity index (χ3v) is 5.68. The van der Waals surface area contributed by atoms with E-state index < -0.39 is 28.9 Å². The predicted octanol–water partition coefficient (Wildman–Crippen LogP) is 3.46. The van der Waals surface area contributed by atoms with Crippen LogP contribution in [0.15, 0.2) is 63.5 Å². The van der Waals surface area contributed by atoms with E-state index in [0.29, 0.717) is 11.1 Å². The van der Waals surface area contributed by atoms with Crippen LogP contribution in [0.1, 0.15) is 35.5 Å². The van der Waals surface area contributed by atoms with Crippen LogP contribution < -0.4 is 10.4 Å². The molecule has 1 aromatic heterocycles. The smallest absolute Gasteiger partial charge is 0.347 e. The zero-order valence-corrected chi connectivity index (χ0v) is 17.7. The van der Waals surface area contributed by atoms with E-state index in [2.05, 4.69) is 0 Å². The number of hydrogen-bond acceptors (Lipinski definition) is 9. The number of fused-ring (bicyclic) bond motifs is 2. The molecule has 2 aliphatic rings. The Bertz CT molecular complexity index is 1460. The summed E-state index contributed by atoms with van der Waals surface area (Å²) in [6.07, 6.45) is 3.14. The summed E-state index contributed by atoms with van der Waals surface area (Å²) in [5.41, 5.74) is -1.95. The lowest BCUT2D eigenvalue weighted by Crippen LogP contribution is -2.41. The average Bonchev–Trinajstić information content (AvgIpc) is 3.27. The highest BCUT2D eigenvalue weighted by molar-refractivity contribution is 6.02. The van der Waals surface area contributed by atoms with Gasteiger partial charge < -0.3 is 34.3 Å². The maximum atomic E-state index is 13.1. The largest absolute Gasteiger partial charge is 0.504 e. The van der Waals surface area contributed by atoms with E-state index in [1.54, 1.807) is 19.1 Å². The summed E-state index contributed by atoms with van der Waals surface area (Å²) in [5.74, 6) is -1.40. The van der Waals surface area contributed by atoms with Gasteiger partial charge in [0.15, 0.2) is 29.1 Å². The molecule has 172 valence electrons. The highest BCUT2D eigenvalue weighted by Crippen LogP contribution is 2.54. The van der Waals surface area contributed by atoms with Crippen molar-refractivity contribution in [3.63, 3.8) is 0 Å². The molecule has 9 nitrogen and oxygen atoms in total. The minimum absolute atomic E-state index is 0.0680. The molecule has 9 heteroatoms. The van der Waals surface area contributed by atoms with Crippen LogP contribution >= 0.6 is 0 Å². The van der Waals surface area contributed by atoms with E-state index in [0.717, 1.165) is 0 Å². The van der Waals surface area contributed by atoms with Crippen LogP contribution in [0, 0.1) is 0 Å². The van der Waals surface area contributed by atoms with Crippen LogP contribution in [0.3, 0.4) is 0 Å². The van der Waals surface area contributed by atoms with Gasteiger partial charge in [0.1, 0.15) is 17.1 Å². The first-order chi connectivity index (χ1) is 16.2. The maximum Gasteiger partial charge on any atom is 0.347 e. The molecule has 1 spiro atoms. The molecule has 4 N–H and O–H groups in total. The van der Waals surface area contributed by atoms with Crippen molar-refractivity contribution in [2.24, 2.45) is 0 Å². The van der Waals surface area contributed by atoms with E-state index in [-0.39, 0.29) is 40.1 Å². The molecular weight excluding hydrogens is 444 g/mol. The number of hydrogen-bond donors (Lipinski definition) is 4. The first kappa shape index (κ1) is 21.2. The van der Waals surface area contributed by atoms with Gasteiger partial charge in [-0.25, -0.2) is 4.79 Å². The molecule has 0 saturated heterocycles. The predicted molar refractivity (Wildman–Crippen MR) is 118 cm³/mol. The Hall–Kier alpha value is -4.66. The second kappa shape index (κ2) is 7.45. The molecule has 0 bridgehead atoms. The third-order valence-electron chi connectivity index (χ3n) is 5.68. The maximum absolute atomic E-state index is 13.1. The fourth-order valence-electron chi connectivity index (χ4n) is 4.15. The summed E-state index contributed by atoms with van der Waals surface area (Å²) < 4.78 is 17.3. The van der Waals surface area contributed by atoms with Gasteiger partial charge >= 0.3 is 5.63 Å². The quantitative estimate of drug-likeness (QED) is 0.430. The molecule has 0 aliphatic carbocycles. The Labute approximate surface area is 192 Å². The lowest BCUT2D eigenvalue weighted by atomic mass is 9.84. The van der Waals surface area contributed by atoms with Gasteiger partial charge in [-0.15, -0.1) is 0 Å². The number of carbonyl (C=O) groups is 1. The van der Waals surface area contributed by atoms with Gasteiger partial charge in [0.2, 0.25) is 11.4 Å². The fourth-order valence-corrected chi connectivity index (χ4v) is 4.15. The zero-order chi connectivity index (χ0) is 24.2. The third kappa shape index (κ3) is 3.17. The van der Waals surface area contributed by atoms with E-state index in [9.17, 15) is 30.0 Å². The molecule has 2 aliphatic heterocycles. The Morgan fingerprint density at radius 2 is 1.59 bits per heavy atom. The Morgan fingerprint density at radius 3 is 2.24 bits per heavy atom. The standard InChI is InChI=1S/C25H18O9/c1-12-8-21(30)25(34-12)22-20(33-23(25)14-4-7-17(27)19(29)10-14)11-15(32-24(22)31)5-2-13-3-6-16(26)18(28)9-13/h2-11,23,26-29H,1H3/t23-,25-/m0/s1. The van der Waals surface area contributed by atoms with Crippen molar-refractivity contribution < 1.29 is 39.1 Å². The second-order valence-corrected chi connectivity index (χ2v) is 7.96. The number of phenols is 4. The SMILES string of the molecule is CC1=CC(=O)[C@]2(O1)c1c(cc(C=Cc3ccc(O)c(O)c3)oc1=O)O[C@H]2c1ccc(O)c(O)c1. The number of allylic oxidation sites excluding steroid dienone is 1. The van der Waals surface area contributed by atoms with E-state index in [4.69, 9.17) is 13.9 Å². The minimum atomic E-state index is -1.84. The normalized spacial score (nSPS) is 20.9. The molecule has 3 heterocycles. The van der Waals surface area contributed by atoms with Gasteiger partial charge in [0.05, 0.1) is 5.76 Å². The number of benzene rings is 2. The van der Waals surface area contributed by atoms with E-state index >= 15 is 0 Å². The molecule has 0 saturated carbocycles. The minimum Gasteiger partial charge on any atom is -0.504 e. The summed E-state index contributed by atoms with van der Waals surface area (Å²) in [6, 6.07) is 9.56. The Morgan fingerprint density at radius 1 is 0.882 bits per heavy atom. The summed E-state index contributed by atoms with van der Waals surface area (Å²) in [4.78, 5) is 26.1. The number of ketones is 1. The molecule has 34 heavy (non-hydrogen) atoms. The van der Waals surface area contributed by atoms with Crippen molar-refractivity contribution in [1.29, 1.82) is 0 Å². The zero-order valence-electron chi connectivity index (χ0n) is 17.7. The van der Waals surface area contributed by atoms with Crippen LogP contribution in [0.25, 0.3) is 12.2 Å². The Kier molecular flexibility index (Phi) is 4.64. The van der Waals surface area contributed by atoms with Gasteiger partial charge in [-0.05, 0) is 42.8 Å². The molecule has 0 amide bonds. The van der Waals surface area contributed by atoms with Gasteiger partial charge in [-0.2, -0.15) is 0 Å². The van der Waals surface area contributed by atoms with Crippen molar-refractivity contribution in [1.82, 2.24) is 0 Å². The molecule has 0 fully saturated rings. The van der Waals surface area contributed by atoms with Crippen molar-refractivity contribution >= 4 is 17.9 Å². The summed E-state index contributed by atoms with van der Waals surface area (Å²) >= 11 is 0. The molecule has 0 radical (unpaired) electrons. The second-order valence-electron chi connectivity index (χ2n) is 7.96. The molecule has 5 rings (SSSR count). The van der Waals surface area contributed by atoms with Crippen LogP contribution in [-0.2, 0) is 15.1 Å². The topological polar surface area (TPSA) is 147 Å². The molecule has 2 atom stereocenters. The molecule has 3 aromatic rings. The molecular formula is C25H18O9.